The van der Waals surface area contributed by atoms with Gasteiger partial charge in [0.15, 0.2) is 0 Å². The molecular formula is C10H10BrN. The highest BCUT2D eigenvalue weighted by atomic mass is 79.9. The minimum absolute atomic E-state index is 0.668. The lowest BCUT2D eigenvalue weighted by atomic mass is 10.2. The molecule has 0 bridgehead atoms. The van der Waals surface area contributed by atoms with Gasteiger partial charge >= 0.3 is 0 Å². The number of hydrogen-bond acceptors (Lipinski definition) is 1. The number of benzene rings is 1. The van der Waals surface area contributed by atoms with E-state index < -0.39 is 0 Å². The summed E-state index contributed by atoms with van der Waals surface area (Å²) in [4.78, 5) is 4.15. The van der Waals surface area contributed by atoms with Crippen molar-refractivity contribution in [2.24, 2.45) is 4.99 Å². The molecule has 0 amide bonds. The second-order valence-corrected chi connectivity index (χ2v) is 3.16. The Morgan fingerprint density at radius 3 is 2.83 bits per heavy atom. The smallest absolute Gasteiger partial charge is 0.0567 e. The Morgan fingerprint density at radius 1 is 1.42 bits per heavy atom. The molecule has 0 heterocycles. The molecule has 0 saturated carbocycles. The van der Waals surface area contributed by atoms with Crippen LogP contribution >= 0.6 is 15.9 Å². The van der Waals surface area contributed by atoms with Gasteiger partial charge in [-0.1, -0.05) is 40.2 Å². The number of rotatable bonds is 3. The molecule has 1 aromatic rings. The highest BCUT2D eigenvalue weighted by molar-refractivity contribution is 9.10. The summed E-state index contributed by atoms with van der Waals surface area (Å²) in [5.41, 5.74) is 1.10. The fraction of sp³-hybridized carbons (Fsp3) is 0.100. The van der Waals surface area contributed by atoms with E-state index in [0.717, 1.165) is 10.0 Å². The molecule has 62 valence electrons. The minimum Gasteiger partial charge on any atom is -0.288 e. The quantitative estimate of drug-likeness (QED) is 0.552. The van der Waals surface area contributed by atoms with E-state index in [-0.39, 0.29) is 0 Å². The predicted octanol–water partition coefficient (Wildman–Crippen LogP) is 3.05. The number of hydrogen-bond donors (Lipinski definition) is 0. The van der Waals surface area contributed by atoms with Gasteiger partial charge in [0.2, 0.25) is 0 Å². The second kappa shape index (κ2) is 4.88. The zero-order chi connectivity index (χ0) is 8.81. The average Bonchev–Trinajstić information content (AvgIpc) is 2.09. The van der Waals surface area contributed by atoms with Gasteiger partial charge in [-0.25, -0.2) is 0 Å². The molecule has 1 rings (SSSR count). The molecule has 0 radical (unpaired) electrons. The second-order valence-electron chi connectivity index (χ2n) is 2.30. The van der Waals surface area contributed by atoms with Gasteiger partial charge in [0.25, 0.3) is 0 Å². The highest BCUT2D eigenvalue weighted by Crippen LogP contribution is 2.13. The van der Waals surface area contributed by atoms with Crippen LogP contribution < -0.4 is 0 Å². The van der Waals surface area contributed by atoms with E-state index in [4.69, 9.17) is 0 Å². The van der Waals surface area contributed by atoms with Crippen molar-refractivity contribution in [2.75, 3.05) is 6.54 Å². The molecule has 0 saturated heterocycles. The maximum absolute atomic E-state index is 4.15. The van der Waals surface area contributed by atoms with Crippen molar-refractivity contribution < 1.29 is 0 Å². The summed E-state index contributed by atoms with van der Waals surface area (Å²) in [6.07, 6.45) is 3.61. The summed E-state index contributed by atoms with van der Waals surface area (Å²) in [6, 6.07) is 7.97. The largest absolute Gasteiger partial charge is 0.288 e. The first-order valence-corrected chi connectivity index (χ1v) is 4.49. The van der Waals surface area contributed by atoms with Gasteiger partial charge in [0, 0.05) is 16.3 Å². The SMILES string of the molecule is C=CC/N=C/c1ccccc1Br. The van der Waals surface area contributed by atoms with Crippen LogP contribution in [0.25, 0.3) is 0 Å². The molecule has 1 aromatic carbocycles. The first-order chi connectivity index (χ1) is 5.84. The van der Waals surface area contributed by atoms with E-state index in [9.17, 15) is 0 Å². The molecule has 0 aliphatic carbocycles. The topological polar surface area (TPSA) is 12.4 Å². The van der Waals surface area contributed by atoms with Crippen LogP contribution in [0.2, 0.25) is 0 Å². The molecule has 0 N–H and O–H groups in total. The third-order valence-electron chi connectivity index (χ3n) is 1.37. The number of halogens is 1. The molecule has 12 heavy (non-hydrogen) atoms. The normalized spacial score (nSPS) is 10.4. The van der Waals surface area contributed by atoms with Crippen LogP contribution in [0, 0.1) is 0 Å². The van der Waals surface area contributed by atoms with Crippen LogP contribution in [-0.4, -0.2) is 12.8 Å². The average molecular weight is 224 g/mol. The van der Waals surface area contributed by atoms with Crippen molar-refractivity contribution in [3.05, 3.63) is 47.0 Å². The summed E-state index contributed by atoms with van der Waals surface area (Å²) >= 11 is 3.43. The van der Waals surface area contributed by atoms with E-state index in [2.05, 4.69) is 27.5 Å². The lowest BCUT2D eigenvalue weighted by Gasteiger charge is -1.94. The summed E-state index contributed by atoms with van der Waals surface area (Å²) in [7, 11) is 0. The Kier molecular flexibility index (Phi) is 3.74. The van der Waals surface area contributed by atoms with E-state index in [1.807, 2.05) is 30.5 Å². The lowest BCUT2D eigenvalue weighted by molar-refractivity contribution is 1.26. The Labute approximate surface area is 81.0 Å². The fourth-order valence-electron chi connectivity index (χ4n) is 0.805. The monoisotopic (exact) mass is 223 g/mol. The van der Waals surface area contributed by atoms with Crippen molar-refractivity contribution >= 4 is 22.1 Å². The Hall–Kier alpha value is -0.890. The van der Waals surface area contributed by atoms with Crippen LogP contribution in [0.4, 0.5) is 0 Å². The van der Waals surface area contributed by atoms with E-state index in [0.29, 0.717) is 6.54 Å². The van der Waals surface area contributed by atoms with Crippen LogP contribution in [0.5, 0.6) is 0 Å². The molecule has 0 aliphatic rings. The third-order valence-corrected chi connectivity index (χ3v) is 2.09. The lowest BCUT2D eigenvalue weighted by Crippen LogP contribution is -1.83. The Morgan fingerprint density at radius 2 is 2.17 bits per heavy atom. The summed E-state index contributed by atoms with van der Waals surface area (Å²) in [6.45, 7) is 4.26. The van der Waals surface area contributed by atoms with Crippen molar-refractivity contribution in [3.8, 4) is 0 Å². The van der Waals surface area contributed by atoms with Crippen LogP contribution in [0.1, 0.15) is 5.56 Å². The van der Waals surface area contributed by atoms with Gasteiger partial charge in [0.1, 0.15) is 0 Å². The molecule has 1 nitrogen and oxygen atoms in total. The molecule has 0 spiro atoms. The molecule has 0 fully saturated rings. The Bertz CT molecular complexity index is 292. The maximum Gasteiger partial charge on any atom is 0.0567 e. The van der Waals surface area contributed by atoms with Crippen LogP contribution in [0.15, 0.2) is 46.4 Å². The molecule has 0 unspecified atom stereocenters. The first-order valence-electron chi connectivity index (χ1n) is 3.70. The maximum atomic E-state index is 4.15. The summed E-state index contributed by atoms with van der Waals surface area (Å²) in [5, 5.41) is 0. The summed E-state index contributed by atoms with van der Waals surface area (Å²) < 4.78 is 1.07. The van der Waals surface area contributed by atoms with Crippen molar-refractivity contribution in [3.63, 3.8) is 0 Å². The van der Waals surface area contributed by atoms with Crippen LogP contribution in [-0.2, 0) is 0 Å². The highest BCUT2D eigenvalue weighted by Gasteiger charge is 1.91. The van der Waals surface area contributed by atoms with Crippen molar-refractivity contribution in [1.29, 1.82) is 0 Å². The number of aliphatic imine (C=N–C) groups is 1. The van der Waals surface area contributed by atoms with Gasteiger partial charge in [-0.15, -0.1) is 6.58 Å². The van der Waals surface area contributed by atoms with Gasteiger partial charge in [-0.2, -0.15) is 0 Å². The van der Waals surface area contributed by atoms with Gasteiger partial charge in [0.05, 0.1) is 6.54 Å². The standard InChI is InChI=1S/C10H10BrN/c1-2-7-12-8-9-5-3-4-6-10(9)11/h2-6,8H,1,7H2/b12-8+. The Balaban J connectivity index is 2.74. The summed E-state index contributed by atoms with van der Waals surface area (Å²) in [5.74, 6) is 0. The molecule has 0 aromatic heterocycles. The third kappa shape index (κ3) is 2.62. The minimum atomic E-state index is 0.668. The molecule has 0 atom stereocenters. The van der Waals surface area contributed by atoms with E-state index >= 15 is 0 Å². The van der Waals surface area contributed by atoms with Crippen molar-refractivity contribution in [2.45, 2.75) is 0 Å². The molecule has 2 heteroatoms. The van der Waals surface area contributed by atoms with Crippen LogP contribution in [0.3, 0.4) is 0 Å². The zero-order valence-electron chi connectivity index (χ0n) is 6.70. The molecule has 0 aliphatic heterocycles. The predicted molar refractivity (Wildman–Crippen MR) is 56.8 cm³/mol. The number of nitrogens with zero attached hydrogens (tertiary/aromatic N) is 1. The van der Waals surface area contributed by atoms with E-state index in [1.165, 1.54) is 0 Å². The van der Waals surface area contributed by atoms with Gasteiger partial charge in [-0.3, -0.25) is 4.99 Å². The van der Waals surface area contributed by atoms with Gasteiger partial charge in [-0.05, 0) is 6.07 Å². The van der Waals surface area contributed by atoms with Gasteiger partial charge < -0.3 is 0 Å². The van der Waals surface area contributed by atoms with Crippen molar-refractivity contribution in [1.82, 2.24) is 0 Å². The molecular weight excluding hydrogens is 214 g/mol. The fourth-order valence-corrected chi connectivity index (χ4v) is 1.19. The zero-order valence-corrected chi connectivity index (χ0v) is 8.29. The first kappa shape index (κ1) is 9.20. The van der Waals surface area contributed by atoms with E-state index in [1.54, 1.807) is 6.08 Å².